The second-order valence-electron chi connectivity index (χ2n) is 5.53. The highest BCUT2D eigenvalue weighted by molar-refractivity contribution is 5.69. The third-order valence-corrected chi connectivity index (χ3v) is 3.70. The molecule has 3 rings (SSSR count). The van der Waals surface area contributed by atoms with Crippen LogP contribution in [0, 0.1) is 11.3 Å². The lowest BCUT2D eigenvalue weighted by atomic mass is 10.1. The second kappa shape index (κ2) is 8.60. The van der Waals surface area contributed by atoms with E-state index in [1.54, 1.807) is 13.2 Å². The number of para-hydroxylation sites is 1. The van der Waals surface area contributed by atoms with Crippen LogP contribution >= 0.6 is 0 Å². The van der Waals surface area contributed by atoms with Crippen molar-refractivity contribution >= 4 is 17.5 Å². The molecule has 0 saturated heterocycles. The van der Waals surface area contributed by atoms with E-state index in [0.29, 0.717) is 36.2 Å². The molecule has 1 heterocycles. The molecule has 0 bridgehead atoms. The molecular formula is C20H19N5O. The number of methoxy groups -OCH3 is 1. The summed E-state index contributed by atoms with van der Waals surface area (Å²) < 4.78 is 5.06. The van der Waals surface area contributed by atoms with Gasteiger partial charge in [0.2, 0.25) is 5.95 Å². The quantitative estimate of drug-likeness (QED) is 0.634. The van der Waals surface area contributed by atoms with Gasteiger partial charge in [0.1, 0.15) is 11.9 Å². The van der Waals surface area contributed by atoms with Crippen molar-refractivity contribution in [3.05, 3.63) is 66.2 Å². The smallest absolute Gasteiger partial charge is 0.225 e. The third kappa shape index (κ3) is 4.35. The van der Waals surface area contributed by atoms with Crippen molar-refractivity contribution in [2.75, 3.05) is 30.9 Å². The van der Waals surface area contributed by atoms with E-state index < -0.39 is 0 Å². The van der Waals surface area contributed by atoms with Crippen molar-refractivity contribution in [2.45, 2.75) is 0 Å². The van der Waals surface area contributed by atoms with Gasteiger partial charge in [-0.15, -0.1) is 0 Å². The molecule has 0 radical (unpaired) electrons. The molecule has 0 amide bonds. The summed E-state index contributed by atoms with van der Waals surface area (Å²) in [5.74, 6) is 1.11. The fourth-order valence-electron chi connectivity index (χ4n) is 2.44. The van der Waals surface area contributed by atoms with Gasteiger partial charge in [0, 0.05) is 25.3 Å². The van der Waals surface area contributed by atoms with Crippen LogP contribution in [-0.2, 0) is 4.74 Å². The maximum atomic E-state index is 9.28. The van der Waals surface area contributed by atoms with Crippen molar-refractivity contribution in [1.29, 1.82) is 5.26 Å². The second-order valence-corrected chi connectivity index (χ2v) is 5.53. The molecule has 0 unspecified atom stereocenters. The number of benzene rings is 2. The predicted octanol–water partition coefficient (Wildman–Crippen LogP) is 3.82. The van der Waals surface area contributed by atoms with Crippen LogP contribution < -0.4 is 10.6 Å². The Morgan fingerprint density at radius 1 is 1.04 bits per heavy atom. The van der Waals surface area contributed by atoms with Crippen LogP contribution in [0.25, 0.3) is 11.3 Å². The molecule has 26 heavy (non-hydrogen) atoms. The van der Waals surface area contributed by atoms with Gasteiger partial charge in [0.05, 0.1) is 23.6 Å². The minimum absolute atomic E-state index is 0.500. The Bertz CT molecular complexity index is 906. The van der Waals surface area contributed by atoms with E-state index in [9.17, 15) is 5.26 Å². The molecule has 0 spiro atoms. The predicted molar refractivity (Wildman–Crippen MR) is 102 cm³/mol. The Labute approximate surface area is 152 Å². The van der Waals surface area contributed by atoms with Crippen LogP contribution in [-0.4, -0.2) is 30.2 Å². The molecule has 0 atom stereocenters. The van der Waals surface area contributed by atoms with Gasteiger partial charge in [-0.1, -0.05) is 42.5 Å². The van der Waals surface area contributed by atoms with Crippen molar-refractivity contribution in [2.24, 2.45) is 0 Å². The summed E-state index contributed by atoms with van der Waals surface area (Å²) in [5, 5.41) is 15.7. The van der Waals surface area contributed by atoms with Gasteiger partial charge in [-0.3, -0.25) is 0 Å². The SMILES string of the molecule is COCCNc1nc(Nc2ccccc2C#N)cc(-c2ccccc2)n1. The first-order valence-corrected chi connectivity index (χ1v) is 8.23. The van der Waals surface area contributed by atoms with Crippen molar-refractivity contribution < 1.29 is 4.74 Å². The van der Waals surface area contributed by atoms with Crippen molar-refractivity contribution in [1.82, 2.24) is 9.97 Å². The number of hydrogen-bond acceptors (Lipinski definition) is 6. The number of ether oxygens (including phenoxy) is 1. The number of hydrogen-bond donors (Lipinski definition) is 2. The molecule has 130 valence electrons. The first-order valence-electron chi connectivity index (χ1n) is 8.23. The molecule has 0 aliphatic heterocycles. The molecule has 2 N–H and O–H groups in total. The zero-order chi connectivity index (χ0) is 18.2. The highest BCUT2D eigenvalue weighted by Gasteiger charge is 2.08. The van der Waals surface area contributed by atoms with E-state index in [0.717, 1.165) is 11.3 Å². The Kier molecular flexibility index (Phi) is 5.76. The van der Waals surface area contributed by atoms with Gasteiger partial charge < -0.3 is 15.4 Å². The number of anilines is 3. The summed E-state index contributed by atoms with van der Waals surface area (Å²) in [6, 6.07) is 21.2. The molecule has 0 saturated carbocycles. The zero-order valence-corrected chi connectivity index (χ0v) is 14.4. The van der Waals surface area contributed by atoms with Crippen molar-refractivity contribution in [3.8, 4) is 17.3 Å². The van der Waals surface area contributed by atoms with Crippen molar-refractivity contribution in [3.63, 3.8) is 0 Å². The fraction of sp³-hybridized carbons (Fsp3) is 0.150. The molecule has 6 nitrogen and oxygen atoms in total. The van der Waals surface area contributed by atoms with E-state index in [4.69, 9.17) is 4.74 Å². The minimum atomic E-state index is 0.500. The molecule has 0 aliphatic rings. The maximum absolute atomic E-state index is 9.28. The lowest BCUT2D eigenvalue weighted by molar-refractivity contribution is 0.210. The van der Waals surface area contributed by atoms with Gasteiger partial charge in [0.25, 0.3) is 0 Å². The summed E-state index contributed by atoms with van der Waals surface area (Å²) >= 11 is 0. The molecule has 3 aromatic rings. The van der Waals surface area contributed by atoms with Crippen LogP contribution in [0.2, 0.25) is 0 Å². The van der Waals surface area contributed by atoms with E-state index in [2.05, 4.69) is 26.7 Å². The maximum Gasteiger partial charge on any atom is 0.225 e. The van der Waals surface area contributed by atoms with E-state index >= 15 is 0 Å². The first-order chi connectivity index (χ1) is 12.8. The lowest BCUT2D eigenvalue weighted by Crippen LogP contribution is -2.11. The Hall–Kier alpha value is -3.43. The van der Waals surface area contributed by atoms with Gasteiger partial charge in [0.15, 0.2) is 0 Å². The van der Waals surface area contributed by atoms with Gasteiger partial charge in [-0.25, -0.2) is 4.98 Å². The number of rotatable bonds is 7. The topological polar surface area (TPSA) is 82.9 Å². The molecule has 6 heteroatoms. The van der Waals surface area contributed by atoms with Crippen LogP contribution in [0.4, 0.5) is 17.5 Å². The first kappa shape index (κ1) is 17.4. The number of nitrogens with zero attached hydrogens (tertiary/aromatic N) is 3. The normalized spacial score (nSPS) is 10.2. The van der Waals surface area contributed by atoms with Crippen LogP contribution in [0.5, 0.6) is 0 Å². The highest BCUT2D eigenvalue weighted by Crippen LogP contribution is 2.24. The molecular weight excluding hydrogens is 326 g/mol. The standard InChI is InChI=1S/C20H19N5O/c1-26-12-11-22-20-24-18(15-7-3-2-4-8-15)13-19(25-20)23-17-10-6-5-9-16(17)14-21/h2-10,13H,11-12H2,1H3,(H2,22,23,24,25). The highest BCUT2D eigenvalue weighted by atomic mass is 16.5. The van der Waals surface area contributed by atoms with Gasteiger partial charge >= 0.3 is 0 Å². The van der Waals surface area contributed by atoms with Crippen LogP contribution in [0.15, 0.2) is 60.7 Å². The Morgan fingerprint density at radius 2 is 1.81 bits per heavy atom. The monoisotopic (exact) mass is 345 g/mol. The number of aromatic nitrogens is 2. The van der Waals surface area contributed by atoms with Gasteiger partial charge in [-0.2, -0.15) is 10.2 Å². The zero-order valence-electron chi connectivity index (χ0n) is 14.4. The third-order valence-electron chi connectivity index (χ3n) is 3.70. The fourth-order valence-corrected chi connectivity index (χ4v) is 2.44. The average Bonchev–Trinajstić information content (AvgIpc) is 2.69. The molecule has 1 aromatic heterocycles. The van der Waals surface area contributed by atoms with Gasteiger partial charge in [-0.05, 0) is 12.1 Å². The molecule has 0 aliphatic carbocycles. The lowest BCUT2D eigenvalue weighted by Gasteiger charge is -2.12. The number of nitrogens with one attached hydrogen (secondary N) is 2. The summed E-state index contributed by atoms with van der Waals surface area (Å²) in [6.45, 7) is 1.15. The van der Waals surface area contributed by atoms with Crippen LogP contribution in [0.3, 0.4) is 0 Å². The van der Waals surface area contributed by atoms with Crippen LogP contribution in [0.1, 0.15) is 5.56 Å². The summed E-state index contributed by atoms with van der Waals surface area (Å²) in [6.07, 6.45) is 0. The number of nitriles is 1. The summed E-state index contributed by atoms with van der Waals surface area (Å²) in [4.78, 5) is 9.08. The minimum Gasteiger partial charge on any atom is -0.383 e. The largest absolute Gasteiger partial charge is 0.383 e. The molecule has 0 fully saturated rings. The summed E-state index contributed by atoms with van der Waals surface area (Å²) in [5.41, 5.74) is 3.04. The Balaban J connectivity index is 1.95. The summed E-state index contributed by atoms with van der Waals surface area (Å²) in [7, 11) is 1.65. The average molecular weight is 345 g/mol. The van der Waals surface area contributed by atoms with E-state index in [1.807, 2.05) is 54.6 Å². The Morgan fingerprint density at radius 3 is 2.58 bits per heavy atom. The van der Waals surface area contributed by atoms with E-state index in [1.165, 1.54) is 0 Å². The van der Waals surface area contributed by atoms with E-state index in [-0.39, 0.29) is 0 Å². The molecule has 2 aromatic carbocycles.